The van der Waals surface area contributed by atoms with Crippen LogP contribution in [0.5, 0.6) is 0 Å². The highest BCUT2D eigenvalue weighted by Gasteiger charge is 2.28. The molecule has 0 aliphatic carbocycles. The monoisotopic (exact) mass is 421 g/mol. The number of carbonyl (C=O) groups is 1. The molecule has 1 atom stereocenters. The maximum atomic E-state index is 12.4. The molecule has 0 fully saturated rings. The predicted octanol–water partition coefficient (Wildman–Crippen LogP) is 4.11. The van der Waals surface area contributed by atoms with Crippen LogP contribution in [0.15, 0.2) is 38.7 Å². The summed E-state index contributed by atoms with van der Waals surface area (Å²) in [5, 5.41) is 3.63. The summed E-state index contributed by atoms with van der Waals surface area (Å²) in [5.74, 6) is 0.804. The Kier molecular flexibility index (Phi) is 5.34. The molecule has 0 radical (unpaired) electrons. The molecule has 0 saturated heterocycles. The number of amides is 1. The molecular weight excluding hydrogens is 402 g/mol. The van der Waals surface area contributed by atoms with Crippen molar-refractivity contribution in [1.29, 1.82) is 0 Å². The zero-order valence-electron chi connectivity index (χ0n) is 14.4. The Morgan fingerprint density at radius 3 is 2.88 bits per heavy atom. The number of nitrogens with zero attached hydrogens (tertiary/aromatic N) is 2. The molecule has 1 aliphatic heterocycles. The van der Waals surface area contributed by atoms with Crippen molar-refractivity contribution in [1.82, 2.24) is 9.55 Å². The first-order valence-corrected chi connectivity index (χ1v) is 9.95. The SMILES string of the molecule is Cc1cc(NC(=O)CC2CSc3nc(C(C)C)cc(=O)n32)ccc1Br. The lowest BCUT2D eigenvalue weighted by atomic mass is 10.1. The maximum absolute atomic E-state index is 12.4. The van der Waals surface area contributed by atoms with Gasteiger partial charge in [0.1, 0.15) is 0 Å². The lowest BCUT2D eigenvalue weighted by molar-refractivity contribution is -0.116. The standard InChI is InChI=1S/C18H20BrN3O2S/c1-10(2)15-8-17(24)22-13(9-25-18(22)21-15)7-16(23)20-12-4-5-14(19)11(3)6-12/h4-6,8,10,13H,7,9H2,1-3H3,(H,20,23). The molecule has 132 valence electrons. The number of hydrogen-bond donors (Lipinski definition) is 1. The van der Waals surface area contributed by atoms with Gasteiger partial charge in [0.25, 0.3) is 5.56 Å². The number of hydrogen-bond acceptors (Lipinski definition) is 4. The van der Waals surface area contributed by atoms with Gasteiger partial charge in [0.05, 0.1) is 11.7 Å². The molecule has 1 N–H and O–H groups in total. The second kappa shape index (κ2) is 7.33. The van der Waals surface area contributed by atoms with E-state index in [4.69, 9.17) is 0 Å². The van der Waals surface area contributed by atoms with Crippen molar-refractivity contribution in [2.45, 2.75) is 44.3 Å². The zero-order chi connectivity index (χ0) is 18.1. The van der Waals surface area contributed by atoms with Crippen LogP contribution >= 0.6 is 27.7 Å². The molecule has 1 unspecified atom stereocenters. The summed E-state index contributed by atoms with van der Waals surface area (Å²) in [5.41, 5.74) is 2.55. The average Bonchev–Trinajstić information content (AvgIpc) is 2.94. The number of rotatable bonds is 4. The lowest BCUT2D eigenvalue weighted by Crippen LogP contribution is -2.28. The number of thioether (sulfide) groups is 1. The van der Waals surface area contributed by atoms with Crippen molar-refractivity contribution in [3.8, 4) is 0 Å². The summed E-state index contributed by atoms with van der Waals surface area (Å²) in [6.07, 6.45) is 0.262. The van der Waals surface area contributed by atoms with Crippen molar-refractivity contribution in [3.05, 3.63) is 50.3 Å². The van der Waals surface area contributed by atoms with Crippen LogP contribution in [0.4, 0.5) is 5.69 Å². The van der Waals surface area contributed by atoms with Crippen molar-refractivity contribution < 1.29 is 4.79 Å². The normalized spacial score (nSPS) is 16.1. The van der Waals surface area contributed by atoms with E-state index >= 15 is 0 Å². The van der Waals surface area contributed by atoms with E-state index < -0.39 is 0 Å². The van der Waals surface area contributed by atoms with Crippen LogP contribution < -0.4 is 10.9 Å². The first-order chi connectivity index (χ1) is 11.8. The van der Waals surface area contributed by atoms with Crippen LogP contribution in [0.25, 0.3) is 0 Å². The van der Waals surface area contributed by atoms with Crippen molar-refractivity contribution >= 4 is 39.3 Å². The first-order valence-electron chi connectivity index (χ1n) is 8.17. The predicted molar refractivity (Wildman–Crippen MR) is 104 cm³/mol. The van der Waals surface area contributed by atoms with Crippen LogP contribution in [0.1, 0.15) is 43.5 Å². The molecule has 1 aromatic carbocycles. The van der Waals surface area contributed by atoms with E-state index in [1.807, 2.05) is 39.0 Å². The molecule has 7 heteroatoms. The second-order valence-electron chi connectivity index (χ2n) is 6.51. The summed E-state index contributed by atoms with van der Waals surface area (Å²) < 4.78 is 2.66. The Bertz CT molecular complexity index is 879. The Morgan fingerprint density at radius 2 is 2.20 bits per heavy atom. The Balaban J connectivity index is 1.74. The van der Waals surface area contributed by atoms with Gasteiger partial charge in [-0.1, -0.05) is 41.5 Å². The van der Waals surface area contributed by atoms with Gasteiger partial charge in [-0.3, -0.25) is 14.2 Å². The number of anilines is 1. The quantitative estimate of drug-likeness (QED) is 0.754. The lowest BCUT2D eigenvalue weighted by Gasteiger charge is -2.14. The fourth-order valence-corrected chi connectivity index (χ4v) is 4.17. The molecular formula is C18H20BrN3O2S. The highest BCUT2D eigenvalue weighted by Crippen LogP contribution is 2.33. The molecule has 2 heterocycles. The van der Waals surface area contributed by atoms with Gasteiger partial charge in [-0.15, -0.1) is 0 Å². The van der Waals surface area contributed by atoms with Crippen LogP contribution in [-0.4, -0.2) is 21.2 Å². The maximum Gasteiger partial charge on any atom is 0.254 e. The first kappa shape index (κ1) is 18.2. The molecule has 0 bridgehead atoms. The topological polar surface area (TPSA) is 64.0 Å². The summed E-state index contributed by atoms with van der Waals surface area (Å²) in [6, 6.07) is 7.12. The van der Waals surface area contributed by atoms with E-state index in [0.717, 1.165) is 21.4 Å². The van der Waals surface area contributed by atoms with Crippen molar-refractivity contribution in [2.24, 2.45) is 0 Å². The highest BCUT2D eigenvalue weighted by atomic mass is 79.9. The number of nitrogens with one attached hydrogen (secondary N) is 1. The number of fused-ring (bicyclic) bond motifs is 1. The van der Waals surface area contributed by atoms with Gasteiger partial charge in [-0.25, -0.2) is 4.98 Å². The van der Waals surface area contributed by atoms with Crippen molar-refractivity contribution in [3.63, 3.8) is 0 Å². The molecule has 2 aromatic rings. The van der Waals surface area contributed by atoms with Gasteiger partial charge < -0.3 is 5.32 Å². The van der Waals surface area contributed by atoms with Gasteiger partial charge in [-0.05, 0) is 36.6 Å². The smallest absolute Gasteiger partial charge is 0.254 e. The Morgan fingerprint density at radius 1 is 1.44 bits per heavy atom. The minimum Gasteiger partial charge on any atom is -0.326 e. The Hall–Kier alpha value is -1.60. The van der Waals surface area contributed by atoms with E-state index in [-0.39, 0.29) is 29.8 Å². The third-order valence-corrected chi connectivity index (χ3v) is 6.15. The average molecular weight is 422 g/mol. The van der Waals surface area contributed by atoms with Crippen LogP contribution in [0, 0.1) is 6.92 Å². The second-order valence-corrected chi connectivity index (χ2v) is 8.35. The van der Waals surface area contributed by atoms with E-state index in [9.17, 15) is 9.59 Å². The van der Waals surface area contributed by atoms with E-state index in [0.29, 0.717) is 10.9 Å². The summed E-state index contributed by atoms with van der Waals surface area (Å²) >= 11 is 4.99. The van der Waals surface area contributed by atoms with Gasteiger partial charge in [0.2, 0.25) is 5.91 Å². The van der Waals surface area contributed by atoms with E-state index in [1.165, 1.54) is 0 Å². The van der Waals surface area contributed by atoms with Gasteiger partial charge in [-0.2, -0.15) is 0 Å². The third kappa shape index (κ3) is 3.98. The number of carbonyl (C=O) groups excluding carboxylic acids is 1. The van der Waals surface area contributed by atoms with Gasteiger partial charge in [0.15, 0.2) is 5.16 Å². The summed E-state index contributed by atoms with van der Waals surface area (Å²) in [4.78, 5) is 29.4. The molecule has 1 aromatic heterocycles. The minimum absolute atomic E-state index is 0.0732. The molecule has 1 amide bonds. The minimum atomic E-state index is -0.155. The van der Waals surface area contributed by atoms with E-state index in [2.05, 4.69) is 26.2 Å². The molecule has 0 spiro atoms. The van der Waals surface area contributed by atoms with Crippen molar-refractivity contribution in [2.75, 3.05) is 11.1 Å². The van der Waals surface area contributed by atoms with Gasteiger partial charge in [0, 0.05) is 28.4 Å². The number of aryl methyl sites for hydroxylation is 1. The molecule has 0 saturated carbocycles. The fraction of sp³-hybridized carbons (Fsp3) is 0.389. The number of aromatic nitrogens is 2. The Labute approximate surface area is 159 Å². The van der Waals surface area contributed by atoms with Crippen LogP contribution in [0.2, 0.25) is 0 Å². The molecule has 1 aliphatic rings. The largest absolute Gasteiger partial charge is 0.326 e. The highest BCUT2D eigenvalue weighted by molar-refractivity contribution is 9.10. The molecule has 25 heavy (non-hydrogen) atoms. The third-order valence-electron chi connectivity index (χ3n) is 4.16. The number of halogens is 1. The fourth-order valence-electron chi connectivity index (χ4n) is 2.76. The van der Waals surface area contributed by atoms with E-state index in [1.54, 1.807) is 22.4 Å². The zero-order valence-corrected chi connectivity index (χ0v) is 16.8. The summed E-state index contributed by atoms with van der Waals surface area (Å²) in [7, 11) is 0. The molecule has 5 nitrogen and oxygen atoms in total. The van der Waals surface area contributed by atoms with Crippen LogP contribution in [-0.2, 0) is 4.79 Å². The molecule has 3 rings (SSSR count). The van der Waals surface area contributed by atoms with Crippen LogP contribution in [0.3, 0.4) is 0 Å². The number of benzene rings is 1. The summed E-state index contributed by atoms with van der Waals surface area (Å²) in [6.45, 7) is 6.01. The van der Waals surface area contributed by atoms with Gasteiger partial charge >= 0.3 is 0 Å².